The van der Waals surface area contributed by atoms with E-state index >= 15 is 0 Å². The summed E-state index contributed by atoms with van der Waals surface area (Å²) in [5.74, 6) is 0.537. The van der Waals surface area contributed by atoms with Crippen molar-refractivity contribution in [2.45, 2.75) is 39.3 Å². The molecule has 0 atom stereocenters. The largest absolute Gasteiger partial charge is 0.453 e. The van der Waals surface area contributed by atoms with E-state index in [9.17, 15) is 9.59 Å². The molecular formula is C14H22N4O4. The number of hydrogen-bond donors (Lipinski definition) is 1. The minimum atomic E-state index is -0.569. The smallest absolute Gasteiger partial charge is 0.412 e. The Morgan fingerprint density at radius 2 is 2.00 bits per heavy atom. The van der Waals surface area contributed by atoms with Gasteiger partial charge in [0, 0.05) is 25.6 Å². The van der Waals surface area contributed by atoms with Gasteiger partial charge in [0.05, 0.1) is 19.3 Å². The van der Waals surface area contributed by atoms with Crippen LogP contribution in [0.2, 0.25) is 0 Å². The Bertz CT molecular complexity index is 588. The number of methoxy groups -OCH3 is 1. The Morgan fingerprint density at radius 3 is 2.59 bits per heavy atom. The second kappa shape index (κ2) is 5.86. The van der Waals surface area contributed by atoms with Gasteiger partial charge in [0.25, 0.3) is 0 Å². The normalized spacial score (nSPS) is 14.3. The minimum absolute atomic E-state index is 0.345. The average Bonchev–Trinajstić information content (AvgIpc) is 2.72. The Labute approximate surface area is 129 Å². The van der Waals surface area contributed by atoms with Gasteiger partial charge in [-0.1, -0.05) is 0 Å². The van der Waals surface area contributed by atoms with E-state index in [1.807, 2.05) is 20.8 Å². The lowest BCUT2D eigenvalue weighted by atomic mass is 10.1. The zero-order valence-corrected chi connectivity index (χ0v) is 13.6. The molecule has 0 aromatic carbocycles. The number of fused-ring (bicyclic) bond motifs is 1. The highest BCUT2D eigenvalue weighted by atomic mass is 16.6. The van der Waals surface area contributed by atoms with E-state index in [2.05, 4.69) is 15.2 Å². The van der Waals surface area contributed by atoms with E-state index in [0.717, 1.165) is 11.3 Å². The lowest BCUT2D eigenvalue weighted by Gasteiger charge is -2.29. The number of rotatable bonds is 1. The van der Waals surface area contributed by atoms with Crippen molar-refractivity contribution < 1.29 is 19.1 Å². The van der Waals surface area contributed by atoms with Crippen LogP contribution in [-0.2, 0) is 29.5 Å². The number of anilines is 1. The molecule has 8 nitrogen and oxygen atoms in total. The molecule has 0 unspecified atom stereocenters. The number of aromatic nitrogens is 2. The first-order valence-electron chi connectivity index (χ1n) is 7.09. The quantitative estimate of drug-likeness (QED) is 0.856. The first-order valence-corrected chi connectivity index (χ1v) is 7.09. The lowest BCUT2D eigenvalue weighted by Crippen LogP contribution is -2.40. The maximum Gasteiger partial charge on any atom is 0.412 e. The number of ether oxygens (including phenoxy) is 2. The van der Waals surface area contributed by atoms with Crippen molar-refractivity contribution >= 4 is 18.0 Å². The molecule has 2 heterocycles. The van der Waals surface area contributed by atoms with E-state index < -0.39 is 11.7 Å². The predicted molar refractivity (Wildman–Crippen MR) is 79.6 cm³/mol. The standard InChI is InChI=1S/C14H22N4O4/c1-14(2,3)22-13(20)18-7-6-10-9(8-18)11(17(4)16-10)15-12(19)21-5/h6-8H2,1-5H3,(H,15,19). The van der Waals surface area contributed by atoms with Gasteiger partial charge >= 0.3 is 12.2 Å². The summed E-state index contributed by atoms with van der Waals surface area (Å²) in [4.78, 5) is 25.2. The summed E-state index contributed by atoms with van der Waals surface area (Å²) < 4.78 is 11.6. The topological polar surface area (TPSA) is 85.7 Å². The molecule has 8 heteroatoms. The molecule has 0 fully saturated rings. The number of aryl methyl sites for hydroxylation is 1. The van der Waals surface area contributed by atoms with Crippen LogP contribution in [0.3, 0.4) is 0 Å². The molecule has 0 saturated carbocycles. The molecule has 0 bridgehead atoms. The maximum absolute atomic E-state index is 12.2. The van der Waals surface area contributed by atoms with Crippen molar-refractivity contribution in [1.82, 2.24) is 14.7 Å². The summed E-state index contributed by atoms with van der Waals surface area (Å²) in [7, 11) is 3.03. The number of carbonyl (C=O) groups excluding carboxylic acids is 2. The van der Waals surface area contributed by atoms with Crippen LogP contribution in [0.1, 0.15) is 32.0 Å². The van der Waals surface area contributed by atoms with Gasteiger partial charge in [-0.25, -0.2) is 9.59 Å². The van der Waals surface area contributed by atoms with Crippen LogP contribution in [0.25, 0.3) is 0 Å². The zero-order valence-electron chi connectivity index (χ0n) is 13.6. The number of amides is 2. The van der Waals surface area contributed by atoms with E-state index in [-0.39, 0.29) is 6.09 Å². The fourth-order valence-electron chi connectivity index (χ4n) is 2.29. The Balaban J connectivity index is 2.18. The fourth-order valence-corrected chi connectivity index (χ4v) is 2.29. The van der Waals surface area contributed by atoms with Gasteiger partial charge in [-0.2, -0.15) is 5.10 Å². The summed E-state index contributed by atoms with van der Waals surface area (Å²) >= 11 is 0. The third-order valence-corrected chi connectivity index (χ3v) is 3.25. The summed E-state index contributed by atoms with van der Waals surface area (Å²) in [6.45, 7) is 6.37. The van der Waals surface area contributed by atoms with Crippen LogP contribution in [0.4, 0.5) is 15.4 Å². The van der Waals surface area contributed by atoms with E-state index in [1.54, 1.807) is 16.6 Å². The molecule has 1 aliphatic heterocycles. The van der Waals surface area contributed by atoms with Crippen molar-refractivity contribution in [3.63, 3.8) is 0 Å². The second-order valence-corrected chi connectivity index (χ2v) is 6.17. The van der Waals surface area contributed by atoms with Crippen molar-refractivity contribution in [3.8, 4) is 0 Å². The summed E-state index contributed by atoms with van der Waals surface area (Å²) in [6.07, 6.45) is -0.322. The lowest BCUT2D eigenvalue weighted by molar-refractivity contribution is 0.0224. The molecule has 1 aromatic rings. The highest BCUT2D eigenvalue weighted by Gasteiger charge is 2.30. The Morgan fingerprint density at radius 1 is 1.32 bits per heavy atom. The highest BCUT2D eigenvalue weighted by Crippen LogP contribution is 2.26. The van der Waals surface area contributed by atoms with Crippen LogP contribution >= 0.6 is 0 Å². The van der Waals surface area contributed by atoms with Crippen molar-refractivity contribution in [1.29, 1.82) is 0 Å². The molecule has 2 amide bonds. The summed E-state index contributed by atoms with van der Waals surface area (Å²) in [5, 5.41) is 7.01. The molecule has 1 aromatic heterocycles. The van der Waals surface area contributed by atoms with Gasteiger partial charge < -0.3 is 14.4 Å². The molecule has 2 rings (SSSR count). The zero-order chi connectivity index (χ0) is 16.5. The van der Waals surface area contributed by atoms with Gasteiger partial charge in [0.2, 0.25) is 0 Å². The van der Waals surface area contributed by atoms with Crippen LogP contribution < -0.4 is 5.32 Å². The molecule has 1 N–H and O–H groups in total. The third kappa shape index (κ3) is 3.49. The molecule has 0 spiro atoms. The van der Waals surface area contributed by atoms with Crippen LogP contribution in [0.5, 0.6) is 0 Å². The van der Waals surface area contributed by atoms with Crippen LogP contribution in [0.15, 0.2) is 0 Å². The fraction of sp³-hybridized carbons (Fsp3) is 0.643. The number of nitrogens with one attached hydrogen (secondary N) is 1. The van der Waals surface area contributed by atoms with Crippen molar-refractivity contribution in [3.05, 3.63) is 11.3 Å². The monoisotopic (exact) mass is 310 g/mol. The first-order chi connectivity index (χ1) is 10.2. The summed E-state index contributed by atoms with van der Waals surface area (Å²) in [6, 6.07) is 0. The molecule has 0 aliphatic carbocycles. The first kappa shape index (κ1) is 16.1. The Hall–Kier alpha value is -2.25. The molecule has 0 saturated heterocycles. The van der Waals surface area contributed by atoms with Gasteiger partial charge in [0.15, 0.2) is 0 Å². The third-order valence-electron chi connectivity index (χ3n) is 3.25. The number of hydrogen-bond acceptors (Lipinski definition) is 5. The predicted octanol–water partition coefficient (Wildman–Crippen LogP) is 1.89. The minimum Gasteiger partial charge on any atom is -0.453 e. The second-order valence-electron chi connectivity index (χ2n) is 6.17. The maximum atomic E-state index is 12.2. The van der Waals surface area contributed by atoms with Crippen molar-refractivity contribution in [2.24, 2.45) is 7.05 Å². The molecule has 0 radical (unpaired) electrons. The molecular weight excluding hydrogens is 288 g/mol. The van der Waals surface area contributed by atoms with E-state index in [4.69, 9.17) is 4.74 Å². The molecule has 22 heavy (non-hydrogen) atoms. The number of nitrogens with zero attached hydrogens (tertiary/aromatic N) is 3. The number of carbonyl (C=O) groups is 2. The van der Waals surface area contributed by atoms with Crippen LogP contribution in [0, 0.1) is 0 Å². The van der Waals surface area contributed by atoms with E-state index in [0.29, 0.717) is 25.3 Å². The summed E-state index contributed by atoms with van der Waals surface area (Å²) in [5.41, 5.74) is 1.14. The Kier molecular flexibility index (Phi) is 4.30. The van der Waals surface area contributed by atoms with E-state index in [1.165, 1.54) is 7.11 Å². The van der Waals surface area contributed by atoms with Gasteiger partial charge in [0.1, 0.15) is 11.4 Å². The van der Waals surface area contributed by atoms with Crippen LogP contribution in [-0.4, -0.2) is 46.1 Å². The molecule has 122 valence electrons. The SMILES string of the molecule is COC(=O)Nc1c2c(nn1C)CCN(C(=O)OC(C)(C)C)C2. The average molecular weight is 310 g/mol. The van der Waals surface area contributed by atoms with Crippen molar-refractivity contribution in [2.75, 3.05) is 19.0 Å². The van der Waals surface area contributed by atoms with Gasteiger partial charge in [-0.15, -0.1) is 0 Å². The molecule has 1 aliphatic rings. The highest BCUT2D eigenvalue weighted by molar-refractivity contribution is 5.84. The van der Waals surface area contributed by atoms with Gasteiger partial charge in [-0.05, 0) is 20.8 Å². The van der Waals surface area contributed by atoms with Gasteiger partial charge in [-0.3, -0.25) is 10.00 Å².